The first-order valence-corrected chi connectivity index (χ1v) is 8.62. The molecule has 0 saturated heterocycles. The van der Waals surface area contributed by atoms with E-state index in [2.05, 4.69) is 48.0 Å². The van der Waals surface area contributed by atoms with Crippen molar-refractivity contribution in [1.29, 1.82) is 0 Å². The molecular formula is C15H24BrNS. The van der Waals surface area contributed by atoms with Gasteiger partial charge in [-0.25, -0.2) is 0 Å². The molecule has 0 aromatic heterocycles. The minimum atomic E-state index is 0.279. The summed E-state index contributed by atoms with van der Waals surface area (Å²) in [6.45, 7) is 4.40. The lowest BCUT2D eigenvalue weighted by Crippen LogP contribution is -2.21. The van der Waals surface area contributed by atoms with E-state index in [9.17, 15) is 0 Å². The molecule has 0 spiro atoms. The van der Waals surface area contributed by atoms with Gasteiger partial charge in [-0.3, -0.25) is 0 Å². The van der Waals surface area contributed by atoms with Crippen LogP contribution in [0.25, 0.3) is 0 Å². The van der Waals surface area contributed by atoms with Crippen LogP contribution in [0.1, 0.15) is 45.1 Å². The Morgan fingerprint density at radius 3 is 2.72 bits per heavy atom. The highest BCUT2D eigenvalue weighted by atomic mass is 79.9. The highest BCUT2D eigenvalue weighted by molar-refractivity contribution is 9.10. The lowest BCUT2D eigenvalue weighted by molar-refractivity contribution is 0.641. The highest BCUT2D eigenvalue weighted by Gasteiger charge is 2.08. The molecule has 0 radical (unpaired) electrons. The molecule has 1 rings (SSSR count). The van der Waals surface area contributed by atoms with E-state index in [1.807, 2.05) is 11.8 Å². The van der Waals surface area contributed by atoms with Gasteiger partial charge >= 0.3 is 0 Å². The van der Waals surface area contributed by atoms with E-state index in [1.165, 1.54) is 35.5 Å². The van der Waals surface area contributed by atoms with Crippen LogP contribution in [0.4, 0.5) is 0 Å². The minimum absolute atomic E-state index is 0.279. The highest BCUT2D eigenvalue weighted by Crippen LogP contribution is 2.28. The van der Waals surface area contributed by atoms with Gasteiger partial charge in [0.25, 0.3) is 0 Å². The summed E-state index contributed by atoms with van der Waals surface area (Å²) >= 11 is 5.53. The molecule has 0 bridgehead atoms. The second-order valence-corrected chi connectivity index (χ2v) is 6.73. The van der Waals surface area contributed by atoms with Gasteiger partial charge in [-0.1, -0.05) is 48.7 Å². The number of halogens is 1. The fourth-order valence-corrected chi connectivity index (χ4v) is 3.42. The lowest BCUT2D eigenvalue weighted by Gasteiger charge is -2.13. The Kier molecular flexibility index (Phi) is 8.03. The maximum Gasteiger partial charge on any atom is 0.0186 e. The molecule has 2 N–H and O–H groups in total. The van der Waals surface area contributed by atoms with Crippen molar-refractivity contribution >= 4 is 27.7 Å². The summed E-state index contributed by atoms with van der Waals surface area (Å²) in [5.41, 5.74) is 7.46. The first kappa shape index (κ1) is 16.1. The Hall–Kier alpha value is 0.01000. The van der Waals surface area contributed by atoms with Crippen LogP contribution in [0.3, 0.4) is 0 Å². The van der Waals surface area contributed by atoms with Crippen molar-refractivity contribution in [2.24, 2.45) is 5.73 Å². The monoisotopic (exact) mass is 329 g/mol. The number of benzene rings is 1. The van der Waals surface area contributed by atoms with Gasteiger partial charge in [0.05, 0.1) is 0 Å². The van der Waals surface area contributed by atoms with Gasteiger partial charge in [0.1, 0.15) is 0 Å². The quantitative estimate of drug-likeness (QED) is 0.535. The molecule has 18 heavy (non-hydrogen) atoms. The van der Waals surface area contributed by atoms with Crippen molar-refractivity contribution in [3.63, 3.8) is 0 Å². The van der Waals surface area contributed by atoms with E-state index >= 15 is 0 Å². The van der Waals surface area contributed by atoms with Crippen LogP contribution in [-0.2, 0) is 6.42 Å². The number of rotatable bonds is 8. The molecule has 1 unspecified atom stereocenters. The van der Waals surface area contributed by atoms with E-state index in [4.69, 9.17) is 5.73 Å². The summed E-state index contributed by atoms with van der Waals surface area (Å²) in [5.74, 6) is 1.21. The molecule has 102 valence electrons. The summed E-state index contributed by atoms with van der Waals surface area (Å²) in [6, 6.07) is 6.84. The molecule has 0 aliphatic rings. The van der Waals surface area contributed by atoms with Gasteiger partial charge < -0.3 is 5.73 Å². The fourth-order valence-electron chi connectivity index (χ4n) is 1.79. The van der Waals surface area contributed by atoms with Crippen LogP contribution in [-0.4, -0.2) is 11.8 Å². The van der Waals surface area contributed by atoms with Gasteiger partial charge in [-0.15, -0.1) is 11.8 Å². The van der Waals surface area contributed by atoms with E-state index in [0.717, 1.165) is 17.3 Å². The molecule has 1 atom stereocenters. The van der Waals surface area contributed by atoms with Crippen LogP contribution in [0.2, 0.25) is 0 Å². The molecule has 0 amide bonds. The summed E-state index contributed by atoms with van der Waals surface area (Å²) in [6.07, 6.45) is 5.93. The molecule has 1 aromatic carbocycles. The first-order chi connectivity index (χ1) is 8.67. The van der Waals surface area contributed by atoms with Crippen molar-refractivity contribution in [1.82, 2.24) is 0 Å². The molecule has 0 aliphatic heterocycles. The number of hydrogen-bond acceptors (Lipinski definition) is 2. The minimum Gasteiger partial charge on any atom is -0.327 e. The van der Waals surface area contributed by atoms with Crippen LogP contribution < -0.4 is 5.73 Å². The number of thioether (sulfide) groups is 1. The normalized spacial score (nSPS) is 12.7. The summed E-state index contributed by atoms with van der Waals surface area (Å²) in [5, 5.41) is 0. The molecule has 0 saturated carbocycles. The first-order valence-electron chi connectivity index (χ1n) is 6.84. The Balaban J connectivity index is 2.64. The maximum atomic E-state index is 6.07. The third-order valence-corrected chi connectivity index (χ3v) is 4.72. The molecule has 1 nitrogen and oxygen atoms in total. The van der Waals surface area contributed by atoms with Crippen molar-refractivity contribution < 1.29 is 0 Å². The maximum absolute atomic E-state index is 6.07. The molecule has 0 fully saturated rings. The Morgan fingerprint density at radius 2 is 2.06 bits per heavy atom. The van der Waals surface area contributed by atoms with Crippen molar-refractivity contribution in [3.8, 4) is 0 Å². The summed E-state index contributed by atoms with van der Waals surface area (Å²) in [7, 11) is 0. The lowest BCUT2D eigenvalue weighted by atomic mass is 10.1. The average Bonchev–Trinajstić information content (AvgIpc) is 2.37. The van der Waals surface area contributed by atoms with E-state index < -0.39 is 0 Å². The van der Waals surface area contributed by atoms with Crippen molar-refractivity contribution in [2.45, 2.75) is 56.9 Å². The smallest absolute Gasteiger partial charge is 0.0186 e. The third kappa shape index (κ3) is 5.77. The van der Waals surface area contributed by atoms with Crippen LogP contribution in [0, 0.1) is 0 Å². The average molecular weight is 330 g/mol. The largest absolute Gasteiger partial charge is 0.327 e. The Labute approximate surface area is 124 Å². The number of unbranched alkanes of at least 4 members (excludes halogenated alkanes) is 2. The summed E-state index contributed by atoms with van der Waals surface area (Å²) < 4.78 is 1.16. The van der Waals surface area contributed by atoms with Gasteiger partial charge in [-0.2, -0.15) is 0 Å². The molecule has 3 heteroatoms. The van der Waals surface area contributed by atoms with Crippen molar-refractivity contribution in [2.75, 3.05) is 5.75 Å². The van der Waals surface area contributed by atoms with Crippen LogP contribution in [0.15, 0.2) is 27.6 Å². The molecule has 1 aromatic rings. The standard InChI is InChI=1S/C15H24BrNS/c1-3-5-6-9-18-15-11-13(16)8-7-12(15)10-14(17)4-2/h7-8,11,14H,3-6,9-10,17H2,1-2H3. The predicted molar refractivity (Wildman–Crippen MR) is 86.4 cm³/mol. The van der Waals surface area contributed by atoms with Gasteiger partial charge in [0.15, 0.2) is 0 Å². The molecule has 0 aliphatic carbocycles. The second kappa shape index (κ2) is 9.00. The topological polar surface area (TPSA) is 26.0 Å². The third-order valence-electron chi connectivity index (χ3n) is 3.04. The Bertz CT molecular complexity index is 354. The SMILES string of the molecule is CCCCCSc1cc(Br)ccc1CC(N)CC. The van der Waals surface area contributed by atoms with Gasteiger partial charge in [-0.05, 0) is 42.7 Å². The predicted octanol–water partition coefficient (Wildman–Crippen LogP) is 5.01. The zero-order valence-electron chi connectivity index (χ0n) is 11.4. The number of nitrogens with two attached hydrogens (primary N) is 1. The zero-order chi connectivity index (χ0) is 13.4. The zero-order valence-corrected chi connectivity index (χ0v) is 13.8. The molecule has 0 heterocycles. The van der Waals surface area contributed by atoms with E-state index in [1.54, 1.807) is 0 Å². The van der Waals surface area contributed by atoms with E-state index in [0.29, 0.717) is 0 Å². The van der Waals surface area contributed by atoms with Crippen LogP contribution in [0.5, 0.6) is 0 Å². The van der Waals surface area contributed by atoms with E-state index in [-0.39, 0.29) is 6.04 Å². The van der Waals surface area contributed by atoms with Gasteiger partial charge in [0.2, 0.25) is 0 Å². The fraction of sp³-hybridized carbons (Fsp3) is 0.600. The van der Waals surface area contributed by atoms with Crippen molar-refractivity contribution in [3.05, 3.63) is 28.2 Å². The second-order valence-electron chi connectivity index (χ2n) is 4.68. The molecular weight excluding hydrogens is 306 g/mol. The number of hydrogen-bond donors (Lipinski definition) is 1. The summed E-state index contributed by atoms with van der Waals surface area (Å²) in [4.78, 5) is 1.39. The van der Waals surface area contributed by atoms with Gasteiger partial charge in [0, 0.05) is 15.4 Å². The van der Waals surface area contributed by atoms with Crippen LogP contribution >= 0.6 is 27.7 Å². The Morgan fingerprint density at radius 1 is 1.28 bits per heavy atom.